The van der Waals surface area contributed by atoms with E-state index in [-0.39, 0.29) is 19.0 Å². The van der Waals surface area contributed by atoms with Gasteiger partial charge in [-0.1, -0.05) is 0 Å². The molecule has 2 amide bonds. The van der Waals surface area contributed by atoms with Crippen LogP contribution in [0.4, 0.5) is 9.59 Å². The van der Waals surface area contributed by atoms with Gasteiger partial charge in [0.1, 0.15) is 12.4 Å². The topological polar surface area (TPSA) is 90.9 Å². The van der Waals surface area contributed by atoms with Crippen LogP contribution in [-0.2, 0) is 19.0 Å². The number of nitrogens with one attached hydrogen (secondary N) is 1. The highest BCUT2D eigenvalue weighted by Crippen LogP contribution is 2.28. The Bertz CT molecular complexity index is 504. The fraction of sp³-hybridized carbons (Fsp3) is 0.500. The SMILES string of the molecule is CCOC(=O)NC(=O)OC/C=C(\C)C1=CC(=O)C(C)(C)O1. The molecule has 0 fully saturated rings. The molecule has 1 heterocycles. The van der Waals surface area contributed by atoms with Gasteiger partial charge >= 0.3 is 12.2 Å². The van der Waals surface area contributed by atoms with E-state index in [2.05, 4.69) is 4.74 Å². The molecule has 116 valence electrons. The summed E-state index contributed by atoms with van der Waals surface area (Å²) in [6.45, 7) is 6.80. The van der Waals surface area contributed by atoms with Crippen LogP contribution in [-0.4, -0.2) is 36.8 Å². The van der Waals surface area contributed by atoms with Crippen molar-refractivity contribution in [2.45, 2.75) is 33.3 Å². The van der Waals surface area contributed by atoms with Crippen LogP contribution < -0.4 is 5.32 Å². The molecule has 0 saturated heterocycles. The summed E-state index contributed by atoms with van der Waals surface area (Å²) in [5.41, 5.74) is -0.204. The summed E-state index contributed by atoms with van der Waals surface area (Å²) in [4.78, 5) is 33.8. The average Bonchev–Trinajstić information content (AvgIpc) is 2.64. The van der Waals surface area contributed by atoms with Gasteiger partial charge < -0.3 is 14.2 Å². The minimum absolute atomic E-state index is 0.0631. The summed E-state index contributed by atoms with van der Waals surface area (Å²) in [5, 5.41) is 1.89. The minimum Gasteiger partial charge on any atom is -0.479 e. The average molecular weight is 297 g/mol. The van der Waals surface area contributed by atoms with E-state index >= 15 is 0 Å². The van der Waals surface area contributed by atoms with E-state index in [9.17, 15) is 14.4 Å². The Balaban J connectivity index is 2.44. The van der Waals surface area contributed by atoms with Gasteiger partial charge in [0.2, 0.25) is 5.78 Å². The van der Waals surface area contributed by atoms with Crippen molar-refractivity contribution in [3.05, 3.63) is 23.5 Å². The second-order valence-corrected chi connectivity index (χ2v) is 4.82. The lowest BCUT2D eigenvalue weighted by atomic mass is 10.1. The molecule has 1 N–H and O–H groups in total. The van der Waals surface area contributed by atoms with Gasteiger partial charge in [-0.15, -0.1) is 0 Å². The second-order valence-electron chi connectivity index (χ2n) is 4.82. The number of amides is 2. The van der Waals surface area contributed by atoms with Crippen molar-refractivity contribution < 1.29 is 28.6 Å². The van der Waals surface area contributed by atoms with E-state index < -0.39 is 17.8 Å². The van der Waals surface area contributed by atoms with Crippen LogP contribution in [0.3, 0.4) is 0 Å². The zero-order chi connectivity index (χ0) is 16.0. The zero-order valence-electron chi connectivity index (χ0n) is 12.5. The molecule has 0 saturated carbocycles. The summed E-state index contributed by atoms with van der Waals surface area (Å²) in [6.07, 6.45) is 1.21. The first-order chi connectivity index (χ1) is 9.76. The van der Waals surface area contributed by atoms with E-state index in [0.29, 0.717) is 11.3 Å². The fourth-order valence-electron chi connectivity index (χ4n) is 1.47. The van der Waals surface area contributed by atoms with Crippen LogP contribution in [0.5, 0.6) is 0 Å². The monoisotopic (exact) mass is 297 g/mol. The van der Waals surface area contributed by atoms with Gasteiger partial charge in [0.05, 0.1) is 6.61 Å². The maximum Gasteiger partial charge on any atom is 0.416 e. The summed E-state index contributed by atoms with van der Waals surface area (Å²) in [7, 11) is 0. The number of ketones is 1. The van der Waals surface area contributed by atoms with E-state index in [1.54, 1.807) is 33.8 Å². The van der Waals surface area contributed by atoms with Gasteiger partial charge in [0.15, 0.2) is 5.60 Å². The molecule has 1 aliphatic rings. The third-order valence-corrected chi connectivity index (χ3v) is 2.69. The van der Waals surface area contributed by atoms with Gasteiger partial charge in [-0.05, 0) is 39.3 Å². The van der Waals surface area contributed by atoms with Crippen molar-refractivity contribution in [1.29, 1.82) is 0 Å². The first-order valence-electron chi connectivity index (χ1n) is 6.49. The standard InChI is InChI=1S/C14H19NO6/c1-5-19-12(17)15-13(18)20-7-6-9(2)10-8-11(16)14(3,4)21-10/h6,8H,5,7H2,1-4H3,(H,15,17,18)/b9-6+. The first-order valence-corrected chi connectivity index (χ1v) is 6.49. The lowest BCUT2D eigenvalue weighted by Gasteiger charge is -2.18. The molecule has 0 aliphatic carbocycles. The molecule has 0 aromatic carbocycles. The van der Waals surface area contributed by atoms with Crippen LogP contribution in [0.25, 0.3) is 0 Å². The Morgan fingerprint density at radius 3 is 2.48 bits per heavy atom. The quantitative estimate of drug-likeness (QED) is 0.854. The molecule has 0 spiro atoms. The molecule has 0 radical (unpaired) electrons. The number of alkyl carbamates (subject to hydrolysis) is 2. The minimum atomic E-state index is -0.907. The molecule has 1 aliphatic heterocycles. The second kappa shape index (κ2) is 6.92. The fourth-order valence-corrected chi connectivity index (χ4v) is 1.47. The molecular weight excluding hydrogens is 278 g/mol. The van der Waals surface area contributed by atoms with Crippen molar-refractivity contribution in [3.8, 4) is 0 Å². The molecule has 0 aromatic heterocycles. The van der Waals surface area contributed by atoms with Crippen LogP contribution in [0, 0.1) is 0 Å². The molecule has 1 rings (SSSR count). The van der Waals surface area contributed by atoms with E-state index in [1.807, 2.05) is 5.32 Å². The van der Waals surface area contributed by atoms with Gasteiger partial charge in [0, 0.05) is 6.08 Å². The Hall–Kier alpha value is -2.31. The van der Waals surface area contributed by atoms with Gasteiger partial charge in [-0.25, -0.2) is 14.9 Å². The predicted molar refractivity (Wildman–Crippen MR) is 73.5 cm³/mol. The summed E-state index contributed by atoms with van der Waals surface area (Å²) < 4.78 is 14.8. The third-order valence-electron chi connectivity index (χ3n) is 2.69. The number of allylic oxidation sites excluding steroid dienone is 1. The molecule has 0 bridgehead atoms. The highest BCUT2D eigenvalue weighted by molar-refractivity contribution is 5.99. The smallest absolute Gasteiger partial charge is 0.416 e. The van der Waals surface area contributed by atoms with E-state index in [0.717, 1.165) is 0 Å². The number of carbonyl (C=O) groups is 3. The molecule has 0 aromatic rings. The Morgan fingerprint density at radius 2 is 1.95 bits per heavy atom. The van der Waals surface area contributed by atoms with Crippen molar-refractivity contribution in [2.24, 2.45) is 0 Å². The first kappa shape index (κ1) is 16.7. The number of hydrogen-bond donors (Lipinski definition) is 1. The summed E-state index contributed by atoms with van der Waals surface area (Å²) >= 11 is 0. The Kier molecular flexibility index (Phi) is 5.52. The van der Waals surface area contributed by atoms with Gasteiger partial charge in [0.25, 0.3) is 0 Å². The Labute approximate surface area is 122 Å². The van der Waals surface area contributed by atoms with Crippen molar-refractivity contribution in [3.63, 3.8) is 0 Å². The molecule has 0 unspecified atom stereocenters. The van der Waals surface area contributed by atoms with Crippen molar-refractivity contribution in [2.75, 3.05) is 13.2 Å². The largest absolute Gasteiger partial charge is 0.479 e. The van der Waals surface area contributed by atoms with Crippen LogP contribution in [0.2, 0.25) is 0 Å². The number of carbonyl (C=O) groups excluding carboxylic acids is 3. The van der Waals surface area contributed by atoms with E-state index in [4.69, 9.17) is 9.47 Å². The summed E-state index contributed by atoms with van der Waals surface area (Å²) in [5.74, 6) is 0.325. The van der Waals surface area contributed by atoms with Crippen molar-refractivity contribution >= 4 is 18.0 Å². The predicted octanol–water partition coefficient (Wildman–Crippen LogP) is 2.08. The highest BCUT2D eigenvalue weighted by atomic mass is 16.6. The number of imide groups is 1. The maximum absolute atomic E-state index is 11.6. The normalized spacial score (nSPS) is 16.9. The van der Waals surface area contributed by atoms with Gasteiger partial charge in [-0.2, -0.15) is 0 Å². The number of ether oxygens (including phenoxy) is 3. The lowest BCUT2D eigenvalue weighted by Crippen LogP contribution is -2.31. The zero-order valence-corrected chi connectivity index (χ0v) is 12.5. The number of hydrogen-bond acceptors (Lipinski definition) is 6. The third kappa shape index (κ3) is 4.94. The van der Waals surface area contributed by atoms with Crippen LogP contribution >= 0.6 is 0 Å². The van der Waals surface area contributed by atoms with Crippen LogP contribution in [0.15, 0.2) is 23.5 Å². The van der Waals surface area contributed by atoms with Crippen LogP contribution in [0.1, 0.15) is 27.7 Å². The molecular formula is C14H19NO6. The molecule has 7 nitrogen and oxygen atoms in total. The highest BCUT2D eigenvalue weighted by Gasteiger charge is 2.35. The van der Waals surface area contributed by atoms with Gasteiger partial charge in [-0.3, -0.25) is 4.79 Å². The van der Waals surface area contributed by atoms with Crippen molar-refractivity contribution in [1.82, 2.24) is 5.32 Å². The maximum atomic E-state index is 11.6. The van der Waals surface area contributed by atoms with E-state index in [1.165, 1.54) is 6.08 Å². The number of rotatable bonds is 4. The Morgan fingerprint density at radius 1 is 1.33 bits per heavy atom. The lowest BCUT2D eigenvalue weighted by molar-refractivity contribution is -0.126. The molecule has 21 heavy (non-hydrogen) atoms. The molecule has 0 atom stereocenters. The molecule has 7 heteroatoms. The summed E-state index contributed by atoms with van der Waals surface area (Å²) in [6, 6.07) is 0.